The SMILES string of the molecule is O=C(COCc1ccccc1Cl)NC1C2CC3CC(C2)CC1C3. The number of ether oxygens (including phenoxy) is 1. The number of rotatable bonds is 5. The first-order valence-electron chi connectivity index (χ1n) is 8.79. The molecule has 4 heteroatoms. The molecule has 1 amide bonds. The molecule has 124 valence electrons. The topological polar surface area (TPSA) is 38.3 Å². The number of hydrogen-bond acceptors (Lipinski definition) is 2. The van der Waals surface area contributed by atoms with Crippen LogP contribution in [0, 0.1) is 23.7 Å². The molecule has 0 radical (unpaired) electrons. The summed E-state index contributed by atoms with van der Waals surface area (Å²) in [5.41, 5.74) is 0.927. The summed E-state index contributed by atoms with van der Waals surface area (Å²) in [6.45, 7) is 0.503. The second-order valence-corrected chi connectivity index (χ2v) is 8.02. The molecule has 0 aromatic heterocycles. The van der Waals surface area contributed by atoms with Crippen LogP contribution in [0.4, 0.5) is 0 Å². The summed E-state index contributed by atoms with van der Waals surface area (Å²) in [7, 11) is 0. The minimum atomic E-state index is 0.0227. The Balaban J connectivity index is 1.27. The zero-order valence-corrected chi connectivity index (χ0v) is 14.1. The number of halogens is 1. The van der Waals surface area contributed by atoms with Crippen molar-refractivity contribution in [2.45, 2.75) is 44.8 Å². The molecular formula is C19H24ClNO2. The molecule has 4 fully saturated rings. The highest BCUT2D eigenvalue weighted by Crippen LogP contribution is 2.53. The van der Waals surface area contributed by atoms with Gasteiger partial charge < -0.3 is 10.1 Å². The highest BCUT2D eigenvalue weighted by atomic mass is 35.5. The molecular weight excluding hydrogens is 310 g/mol. The molecule has 0 heterocycles. The largest absolute Gasteiger partial charge is 0.367 e. The Labute approximate surface area is 142 Å². The van der Waals surface area contributed by atoms with Gasteiger partial charge in [-0.25, -0.2) is 0 Å². The van der Waals surface area contributed by atoms with E-state index in [1.54, 1.807) is 0 Å². The fourth-order valence-corrected chi connectivity index (χ4v) is 5.45. The zero-order chi connectivity index (χ0) is 15.8. The van der Waals surface area contributed by atoms with Crippen molar-refractivity contribution in [2.24, 2.45) is 23.7 Å². The van der Waals surface area contributed by atoms with Gasteiger partial charge in [-0.15, -0.1) is 0 Å². The highest BCUT2D eigenvalue weighted by Gasteiger charge is 2.48. The van der Waals surface area contributed by atoms with E-state index >= 15 is 0 Å². The van der Waals surface area contributed by atoms with Crippen molar-refractivity contribution in [3.05, 3.63) is 34.9 Å². The van der Waals surface area contributed by atoms with E-state index in [0.29, 0.717) is 29.5 Å². The van der Waals surface area contributed by atoms with Gasteiger partial charge in [0.1, 0.15) is 6.61 Å². The number of amides is 1. The van der Waals surface area contributed by atoms with E-state index < -0.39 is 0 Å². The van der Waals surface area contributed by atoms with Crippen LogP contribution < -0.4 is 5.32 Å². The first kappa shape index (κ1) is 15.5. The molecule has 0 spiro atoms. The fourth-order valence-electron chi connectivity index (χ4n) is 5.26. The Morgan fingerprint density at radius 1 is 1.09 bits per heavy atom. The van der Waals surface area contributed by atoms with Gasteiger partial charge in [0.05, 0.1) is 6.61 Å². The van der Waals surface area contributed by atoms with E-state index in [9.17, 15) is 4.79 Å². The van der Waals surface area contributed by atoms with Crippen molar-refractivity contribution in [2.75, 3.05) is 6.61 Å². The maximum Gasteiger partial charge on any atom is 0.246 e. The van der Waals surface area contributed by atoms with Gasteiger partial charge in [0, 0.05) is 11.1 Å². The summed E-state index contributed by atoms with van der Waals surface area (Å²) in [6.07, 6.45) is 6.71. The van der Waals surface area contributed by atoms with Crippen molar-refractivity contribution >= 4 is 17.5 Å². The van der Waals surface area contributed by atoms with Gasteiger partial charge in [-0.05, 0) is 67.4 Å². The van der Waals surface area contributed by atoms with Gasteiger partial charge in [0.2, 0.25) is 5.91 Å². The van der Waals surface area contributed by atoms with Crippen LogP contribution in [0.2, 0.25) is 5.02 Å². The van der Waals surface area contributed by atoms with Crippen LogP contribution in [0.3, 0.4) is 0 Å². The molecule has 1 aromatic carbocycles. The Kier molecular flexibility index (Phi) is 4.33. The van der Waals surface area contributed by atoms with E-state index in [2.05, 4.69) is 5.32 Å². The number of carbonyl (C=O) groups excluding carboxylic acids is 1. The molecule has 23 heavy (non-hydrogen) atoms. The lowest BCUT2D eigenvalue weighted by atomic mass is 9.54. The van der Waals surface area contributed by atoms with Gasteiger partial charge in [-0.3, -0.25) is 4.79 Å². The zero-order valence-electron chi connectivity index (χ0n) is 13.3. The predicted molar refractivity (Wildman–Crippen MR) is 90.1 cm³/mol. The molecule has 5 rings (SSSR count). The van der Waals surface area contributed by atoms with E-state index in [1.807, 2.05) is 24.3 Å². The molecule has 4 aliphatic rings. The monoisotopic (exact) mass is 333 g/mol. The van der Waals surface area contributed by atoms with Crippen molar-refractivity contribution in [1.82, 2.24) is 5.32 Å². The second kappa shape index (κ2) is 6.45. The lowest BCUT2D eigenvalue weighted by molar-refractivity contribution is -0.130. The molecule has 0 saturated heterocycles. The molecule has 1 aromatic rings. The maximum atomic E-state index is 12.2. The molecule has 3 nitrogen and oxygen atoms in total. The third-order valence-corrected chi connectivity index (χ3v) is 6.37. The van der Waals surface area contributed by atoms with E-state index in [1.165, 1.54) is 32.1 Å². The average Bonchev–Trinajstić information content (AvgIpc) is 2.52. The van der Waals surface area contributed by atoms with Gasteiger partial charge >= 0.3 is 0 Å². The van der Waals surface area contributed by atoms with Crippen LogP contribution in [0.5, 0.6) is 0 Å². The first-order valence-corrected chi connectivity index (χ1v) is 9.17. The summed E-state index contributed by atoms with van der Waals surface area (Å²) in [6, 6.07) is 7.98. The van der Waals surface area contributed by atoms with Crippen molar-refractivity contribution in [3.8, 4) is 0 Å². The normalized spacial score (nSPS) is 34.6. The predicted octanol–water partition coefficient (Wildman–Crippen LogP) is 3.80. The lowest BCUT2D eigenvalue weighted by Gasteiger charge is -2.54. The Bertz CT molecular complexity index is 560. The molecule has 0 aliphatic heterocycles. The summed E-state index contributed by atoms with van der Waals surface area (Å²) in [4.78, 5) is 12.2. The van der Waals surface area contributed by atoms with Crippen LogP contribution in [-0.4, -0.2) is 18.6 Å². The number of nitrogens with one attached hydrogen (secondary N) is 1. The van der Waals surface area contributed by atoms with Crippen molar-refractivity contribution in [1.29, 1.82) is 0 Å². The molecule has 4 bridgehead atoms. The average molecular weight is 334 g/mol. The molecule has 4 saturated carbocycles. The lowest BCUT2D eigenvalue weighted by Crippen LogP contribution is -2.56. The number of hydrogen-bond donors (Lipinski definition) is 1. The third kappa shape index (κ3) is 3.27. The first-order chi connectivity index (χ1) is 11.2. The van der Waals surface area contributed by atoms with Crippen LogP contribution in [0.25, 0.3) is 0 Å². The standard InChI is InChI=1S/C19H24ClNO2/c20-17-4-2-1-3-14(17)10-23-11-18(22)21-19-15-6-12-5-13(8-15)9-16(19)7-12/h1-4,12-13,15-16,19H,5-11H2,(H,21,22). The summed E-state index contributed by atoms with van der Waals surface area (Å²) in [5, 5.41) is 3.95. The van der Waals surface area contributed by atoms with Crippen LogP contribution >= 0.6 is 11.6 Å². The van der Waals surface area contributed by atoms with Crippen molar-refractivity contribution < 1.29 is 9.53 Å². The highest BCUT2D eigenvalue weighted by molar-refractivity contribution is 6.31. The smallest absolute Gasteiger partial charge is 0.246 e. The van der Waals surface area contributed by atoms with E-state index in [-0.39, 0.29) is 12.5 Å². The number of carbonyl (C=O) groups is 1. The van der Waals surface area contributed by atoms with Gasteiger partial charge in [0.25, 0.3) is 0 Å². The molecule has 0 unspecified atom stereocenters. The maximum absolute atomic E-state index is 12.2. The second-order valence-electron chi connectivity index (χ2n) is 7.61. The van der Waals surface area contributed by atoms with Crippen LogP contribution in [0.15, 0.2) is 24.3 Å². The van der Waals surface area contributed by atoms with Gasteiger partial charge in [-0.1, -0.05) is 29.8 Å². The molecule has 1 N–H and O–H groups in total. The minimum Gasteiger partial charge on any atom is -0.367 e. The van der Waals surface area contributed by atoms with Crippen molar-refractivity contribution in [3.63, 3.8) is 0 Å². The summed E-state index contributed by atoms with van der Waals surface area (Å²) in [5.74, 6) is 3.30. The Hall–Kier alpha value is -1.06. The van der Waals surface area contributed by atoms with Gasteiger partial charge in [0.15, 0.2) is 0 Å². The van der Waals surface area contributed by atoms with E-state index in [0.717, 1.165) is 17.4 Å². The van der Waals surface area contributed by atoms with E-state index in [4.69, 9.17) is 16.3 Å². The minimum absolute atomic E-state index is 0.0227. The van der Waals surface area contributed by atoms with Gasteiger partial charge in [-0.2, -0.15) is 0 Å². The molecule has 0 atom stereocenters. The quantitative estimate of drug-likeness (QED) is 0.890. The van der Waals surface area contributed by atoms with Crippen LogP contribution in [-0.2, 0) is 16.1 Å². The third-order valence-electron chi connectivity index (χ3n) is 6.00. The summed E-state index contributed by atoms with van der Waals surface area (Å²) < 4.78 is 5.56. The Morgan fingerprint density at radius 2 is 1.74 bits per heavy atom. The van der Waals surface area contributed by atoms with Crippen LogP contribution in [0.1, 0.15) is 37.7 Å². The fraction of sp³-hybridized carbons (Fsp3) is 0.632. The Morgan fingerprint density at radius 3 is 2.39 bits per heavy atom. The number of benzene rings is 1. The molecule has 4 aliphatic carbocycles. The summed E-state index contributed by atoms with van der Waals surface area (Å²) >= 11 is 6.10.